The summed E-state index contributed by atoms with van der Waals surface area (Å²) in [5, 5.41) is 27.0. The maximum atomic E-state index is 11.7. The number of carboxylic acid groups (broad SMARTS) is 2. The van der Waals surface area contributed by atoms with Gasteiger partial charge >= 0.3 is 11.9 Å². The average Bonchev–Trinajstić information content (AvgIpc) is 2.28. The summed E-state index contributed by atoms with van der Waals surface area (Å²) in [6.07, 6.45) is -1.12. The highest BCUT2D eigenvalue weighted by Gasteiger charge is 2.42. The van der Waals surface area contributed by atoms with Gasteiger partial charge in [0.25, 0.3) is 5.91 Å². The lowest BCUT2D eigenvalue weighted by molar-refractivity contribution is -0.166. The van der Waals surface area contributed by atoms with Crippen molar-refractivity contribution < 1.29 is 34.5 Å². The molecule has 0 aliphatic carbocycles. The van der Waals surface area contributed by atoms with Crippen LogP contribution in [0.3, 0.4) is 0 Å². The number of nitrogens with zero attached hydrogens (tertiary/aromatic N) is 1. The number of rotatable bonds is 7. The molecule has 0 bridgehead atoms. The molecule has 0 aromatic carbocycles. The maximum Gasteiger partial charge on any atom is 0.326 e. The van der Waals surface area contributed by atoms with E-state index in [-0.39, 0.29) is 11.3 Å². The molecule has 0 aromatic heterocycles. The first-order valence-corrected chi connectivity index (χ1v) is 4.84. The zero-order valence-electron chi connectivity index (χ0n) is 9.57. The van der Waals surface area contributed by atoms with Crippen LogP contribution in [0.25, 0.3) is 0 Å². The number of aliphatic carboxylic acids is 2. The molecule has 0 spiro atoms. The van der Waals surface area contributed by atoms with E-state index in [0.29, 0.717) is 0 Å². The second-order valence-electron chi connectivity index (χ2n) is 3.64. The molecule has 18 heavy (non-hydrogen) atoms. The average molecular weight is 262 g/mol. The van der Waals surface area contributed by atoms with Crippen molar-refractivity contribution in [2.75, 3.05) is 6.54 Å². The van der Waals surface area contributed by atoms with Crippen molar-refractivity contribution in [3.05, 3.63) is 0 Å². The van der Waals surface area contributed by atoms with Gasteiger partial charge in [0, 0.05) is 6.54 Å². The number of imide groups is 1. The number of aliphatic hydroxyl groups is 1. The van der Waals surface area contributed by atoms with Crippen LogP contribution in [-0.4, -0.2) is 62.7 Å². The van der Waals surface area contributed by atoms with Gasteiger partial charge in [0.05, 0.1) is 6.42 Å². The summed E-state index contributed by atoms with van der Waals surface area (Å²) in [5.74, 6) is -4.35. The first-order valence-electron chi connectivity index (χ1n) is 4.84. The van der Waals surface area contributed by atoms with Gasteiger partial charge in [-0.25, -0.2) is 4.79 Å². The van der Waals surface area contributed by atoms with E-state index in [9.17, 15) is 24.3 Å². The lowest BCUT2D eigenvalue weighted by Gasteiger charge is -2.29. The van der Waals surface area contributed by atoms with Crippen LogP contribution in [0.4, 0.5) is 0 Å². The van der Waals surface area contributed by atoms with E-state index in [1.165, 1.54) is 0 Å². The summed E-state index contributed by atoms with van der Waals surface area (Å²) in [5.41, 5.74) is 2.58. The Morgan fingerprint density at radius 2 is 1.89 bits per heavy atom. The number of carbonyl (C=O) groups excluding carboxylic acids is 2. The van der Waals surface area contributed by atoms with E-state index in [1.807, 2.05) is 0 Å². The fourth-order valence-electron chi connectivity index (χ4n) is 1.16. The minimum absolute atomic E-state index is 0.0937. The minimum atomic E-state index is -2.52. The molecule has 0 saturated heterocycles. The SMILES string of the molecule is CC(C(=O)O)N(C=O)C(=O)C(O)(CN)CC(=O)O. The van der Waals surface area contributed by atoms with Gasteiger partial charge in [-0.2, -0.15) is 0 Å². The molecule has 0 radical (unpaired) electrons. The summed E-state index contributed by atoms with van der Waals surface area (Å²) in [6, 6.07) is -1.54. The first kappa shape index (κ1) is 16.0. The van der Waals surface area contributed by atoms with E-state index in [0.717, 1.165) is 6.92 Å². The van der Waals surface area contributed by atoms with Gasteiger partial charge in [-0.1, -0.05) is 0 Å². The summed E-state index contributed by atoms with van der Waals surface area (Å²) in [6.45, 7) is 0.279. The molecule has 0 fully saturated rings. The summed E-state index contributed by atoms with van der Waals surface area (Å²) >= 11 is 0. The molecular formula is C9H14N2O7. The predicted octanol–water partition coefficient (Wildman–Crippen LogP) is -2.39. The summed E-state index contributed by atoms with van der Waals surface area (Å²) in [7, 11) is 0. The molecule has 5 N–H and O–H groups in total. The second-order valence-corrected chi connectivity index (χ2v) is 3.64. The van der Waals surface area contributed by atoms with Crippen molar-refractivity contribution in [1.82, 2.24) is 4.90 Å². The van der Waals surface area contributed by atoms with Crippen LogP contribution < -0.4 is 5.73 Å². The van der Waals surface area contributed by atoms with Crippen molar-refractivity contribution >= 4 is 24.3 Å². The maximum absolute atomic E-state index is 11.7. The second kappa shape index (κ2) is 6.07. The fraction of sp³-hybridized carbons (Fsp3) is 0.556. The third-order valence-electron chi connectivity index (χ3n) is 2.30. The molecule has 0 aliphatic rings. The Labute approximate surface area is 102 Å². The Bertz CT molecular complexity index is 370. The summed E-state index contributed by atoms with van der Waals surface area (Å²) in [4.78, 5) is 43.8. The highest BCUT2D eigenvalue weighted by atomic mass is 16.4. The van der Waals surface area contributed by atoms with Gasteiger partial charge < -0.3 is 21.1 Å². The molecule has 0 rings (SSSR count). The van der Waals surface area contributed by atoms with Crippen molar-refractivity contribution in [2.24, 2.45) is 5.73 Å². The monoisotopic (exact) mass is 262 g/mol. The zero-order valence-corrected chi connectivity index (χ0v) is 9.57. The van der Waals surface area contributed by atoms with E-state index in [4.69, 9.17) is 15.9 Å². The van der Waals surface area contributed by atoms with Crippen molar-refractivity contribution in [1.29, 1.82) is 0 Å². The van der Waals surface area contributed by atoms with Crippen molar-refractivity contribution in [2.45, 2.75) is 25.0 Å². The molecule has 0 heterocycles. The van der Waals surface area contributed by atoms with Crippen LogP contribution in [0, 0.1) is 0 Å². The molecule has 9 nitrogen and oxygen atoms in total. The first-order chi connectivity index (χ1) is 8.19. The standard InChI is InChI=1S/C9H14N2O7/c1-5(7(15)16)11(4-12)8(17)9(18,3-10)2-6(13)14/h4-5,18H,2-3,10H2,1H3,(H,13,14)(H,15,16). The molecule has 2 atom stereocenters. The Morgan fingerprint density at radius 3 is 2.17 bits per heavy atom. The molecular weight excluding hydrogens is 248 g/mol. The van der Waals surface area contributed by atoms with Gasteiger partial charge in [-0.05, 0) is 6.92 Å². The van der Waals surface area contributed by atoms with Gasteiger partial charge in [-0.3, -0.25) is 19.3 Å². The van der Waals surface area contributed by atoms with Gasteiger partial charge in [0.1, 0.15) is 6.04 Å². The predicted molar refractivity (Wildman–Crippen MR) is 56.3 cm³/mol. The van der Waals surface area contributed by atoms with Gasteiger partial charge in [0.2, 0.25) is 6.41 Å². The van der Waals surface area contributed by atoms with Gasteiger partial charge in [0.15, 0.2) is 5.60 Å². The number of carboxylic acids is 2. The highest BCUT2D eigenvalue weighted by Crippen LogP contribution is 2.14. The van der Waals surface area contributed by atoms with Crippen LogP contribution in [0.5, 0.6) is 0 Å². The van der Waals surface area contributed by atoms with Gasteiger partial charge in [-0.15, -0.1) is 0 Å². The largest absolute Gasteiger partial charge is 0.481 e. The van der Waals surface area contributed by atoms with Crippen LogP contribution >= 0.6 is 0 Å². The lowest BCUT2D eigenvalue weighted by atomic mass is 9.97. The van der Waals surface area contributed by atoms with Crippen molar-refractivity contribution in [3.63, 3.8) is 0 Å². The molecule has 0 saturated carbocycles. The third-order valence-corrected chi connectivity index (χ3v) is 2.30. The number of hydrogen-bond donors (Lipinski definition) is 4. The number of nitrogens with two attached hydrogens (primary N) is 1. The quantitative estimate of drug-likeness (QED) is 0.370. The molecule has 0 aromatic rings. The fourth-order valence-corrected chi connectivity index (χ4v) is 1.16. The van der Waals surface area contributed by atoms with Crippen LogP contribution in [-0.2, 0) is 19.2 Å². The number of hydrogen-bond acceptors (Lipinski definition) is 6. The molecule has 9 heteroatoms. The topological polar surface area (TPSA) is 158 Å². The summed E-state index contributed by atoms with van der Waals surface area (Å²) < 4.78 is 0. The van der Waals surface area contributed by atoms with E-state index >= 15 is 0 Å². The molecule has 0 aliphatic heterocycles. The Kier molecular flexibility index (Phi) is 5.40. The molecule has 2 unspecified atom stereocenters. The smallest absolute Gasteiger partial charge is 0.326 e. The third kappa shape index (κ3) is 3.50. The van der Waals surface area contributed by atoms with Crippen LogP contribution in [0.2, 0.25) is 0 Å². The lowest BCUT2D eigenvalue weighted by Crippen LogP contribution is -2.57. The van der Waals surface area contributed by atoms with E-state index < -0.39 is 42.5 Å². The van der Waals surface area contributed by atoms with Crippen LogP contribution in [0.1, 0.15) is 13.3 Å². The Balaban J connectivity index is 5.23. The van der Waals surface area contributed by atoms with E-state index in [2.05, 4.69) is 0 Å². The number of carbonyl (C=O) groups is 4. The normalized spacial score (nSPS) is 15.3. The Hall–Kier alpha value is -2.00. The van der Waals surface area contributed by atoms with E-state index in [1.54, 1.807) is 0 Å². The molecule has 2 amide bonds. The number of amides is 2. The zero-order chi connectivity index (χ0) is 14.5. The van der Waals surface area contributed by atoms with Crippen molar-refractivity contribution in [3.8, 4) is 0 Å². The van der Waals surface area contributed by atoms with Crippen LogP contribution in [0.15, 0.2) is 0 Å². The highest BCUT2D eigenvalue weighted by molar-refractivity contribution is 5.98. The molecule has 102 valence electrons. The minimum Gasteiger partial charge on any atom is -0.481 e. The Morgan fingerprint density at radius 1 is 1.39 bits per heavy atom.